The van der Waals surface area contributed by atoms with Crippen molar-refractivity contribution >= 4 is 33.1 Å². The number of anilines is 1. The molecule has 0 unspecified atom stereocenters. The zero-order valence-electron chi connectivity index (χ0n) is 12.7. The van der Waals surface area contributed by atoms with Gasteiger partial charge in [-0.3, -0.25) is 10.1 Å². The maximum atomic E-state index is 10.9. The summed E-state index contributed by atoms with van der Waals surface area (Å²) in [6.07, 6.45) is 3.15. The Morgan fingerprint density at radius 1 is 1.46 bits per heavy atom. The van der Waals surface area contributed by atoms with Crippen LogP contribution in [0.3, 0.4) is 0 Å². The van der Waals surface area contributed by atoms with Crippen LogP contribution in [0.25, 0.3) is 0 Å². The number of hydrogen-bond acceptors (Lipinski definition) is 5. The molecule has 0 spiro atoms. The molecule has 1 aromatic heterocycles. The van der Waals surface area contributed by atoms with Crippen LogP contribution in [0.2, 0.25) is 0 Å². The molecule has 2 aromatic rings. The zero-order chi connectivity index (χ0) is 17.4. The molecule has 124 valence electrons. The van der Waals surface area contributed by atoms with E-state index in [-0.39, 0.29) is 5.84 Å². The molecule has 0 fully saturated rings. The minimum Gasteiger partial charge on any atom is -0.473 e. The van der Waals surface area contributed by atoms with Gasteiger partial charge in [0.1, 0.15) is 6.61 Å². The van der Waals surface area contributed by atoms with Gasteiger partial charge in [-0.15, -0.1) is 0 Å². The first kappa shape index (κ1) is 17.6. The third-order valence-electron chi connectivity index (χ3n) is 2.76. The number of aromatic nitrogens is 1. The van der Waals surface area contributed by atoms with Crippen molar-refractivity contribution in [3.05, 3.63) is 69.8 Å². The van der Waals surface area contributed by atoms with Gasteiger partial charge in [0.15, 0.2) is 5.84 Å². The van der Waals surface area contributed by atoms with Crippen LogP contribution in [0.15, 0.2) is 64.7 Å². The second-order valence-corrected chi connectivity index (χ2v) is 5.46. The number of aliphatic imine (C=N–C) groups is 1. The molecule has 0 aliphatic carbocycles. The molecule has 0 saturated heterocycles. The normalized spacial score (nSPS) is 11.0. The lowest BCUT2D eigenvalue weighted by Crippen LogP contribution is -2.22. The number of benzene rings is 1. The largest absolute Gasteiger partial charge is 0.473 e. The molecule has 0 amide bonds. The molecule has 0 aliphatic heterocycles. The van der Waals surface area contributed by atoms with Crippen LogP contribution in [0.5, 0.6) is 5.88 Å². The van der Waals surface area contributed by atoms with E-state index in [2.05, 4.69) is 37.8 Å². The molecule has 0 radical (unpaired) electrons. The number of ether oxygens (including phenoxy) is 1. The number of para-hydroxylation sites is 1. The van der Waals surface area contributed by atoms with Crippen molar-refractivity contribution in [1.82, 2.24) is 4.98 Å². The summed E-state index contributed by atoms with van der Waals surface area (Å²) in [5, 5.41) is 13.9. The van der Waals surface area contributed by atoms with Crippen LogP contribution in [0.4, 0.5) is 11.4 Å². The summed E-state index contributed by atoms with van der Waals surface area (Å²) in [4.78, 5) is 18.8. The number of hydrogen-bond donors (Lipinski definition) is 1. The molecule has 1 aromatic carbocycles. The molecule has 2 rings (SSSR count). The van der Waals surface area contributed by atoms with Crippen LogP contribution in [0, 0.1) is 10.1 Å². The van der Waals surface area contributed by atoms with Gasteiger partial charge in [-0.25, -0.2) is 9.98 Å². The Morgan fingerprint density at radius 2 is 2.25 bits per heavy atom. The van der Waals surface area contributed by atoms with Gasteiger partial charge in [-0.1, -0.05) is 24.8 Å². The third-order valence-corrected chi connectivity index (χ3v) is 3.43. The Labute approximate surface area is 147 Å². The standard InChI is InChI=1S/C16H15BrN4O3/c1-2-9-24-16-10-12(7-8-18-16)19-15(11-21(22)23)20-14-6-4-3-5-13(14)17/h2-8,10H,1,9,11H2,(H,18,19,20). The number of amidine groups is 1. The number of nitro groups is 1. The van der Waals surface area contributed by atoms with Crippen molar-refractivity contribution < 1.29 is 9.66 Å². The predicted octanol–water partition coefficient (Wildman–Crippen LogP) is 3.83. The van der Waals surface area contributed by atoms with Crippen molar-refractivity contribution in [2.24, 2.45) is 4.99 Å². The average molecular weight is 391 g/mol. The number of halogens is 1. The van der Waals surface area contributed by atoms with Crippen molar-refractivity contribution in [1.29, 1.82) is 0 Å². The second-order valence-electron chi connectivity index (χ2n) is 4.61. The lowest BCUT2D eigenvalue weighted by atomic mass is 10.3. The Bertz CT molecular complexity index is 764. The summed E-state index contributed by atoms with van der Waals surface area (Å²) >= 11 is 3.37. The van der Waals surface area contributed by atoms with E-state index in [1.54, 1.807) is 36.5 Å². The quantitative estimate of drug-likeness (QED) is 0.255. The van der Waals surface area contributed by atoms with E-state index in [0.29, 0.717) is 23.9 Å². The molecule has 0 saturated carbocycles. The van der Waals surface area contributed by atoms with E-state index < -0.39 is 11.5 Å². The lowest BCUT2D eigenvalue weighted by Gasteiger charge is -2.09. The maximum absolute atomic E-state index is 10.9. The van der Waals surface area contributed by atoms with Crippen LogP contribution in [-0.4, -0.2) is 28.9 Å². The summed E-state index contributed by atoms with van der Waals surface area (Å²) in [7, 11) is 0. The Kier molecular flexibility index (Phi) is 6.44. The molecular formula is C16H15BrN4O3. The fourth-order valence-electron chi connectivity index (χ4n) is 1.79. The first-order valence-corrected chi connectivity index (χ1v) is 7.78. The van der Waals surface area contributed by atoms with Crippen molar-refractivity contribution in [3.8, 4) is 5.88 Å². The molecule has 1 heterocycles. The summed E-state index contributed by atoms with van der Waals surface area (Å²) < 4.78 is 6.09. The van der Waals surface area contributed by atoms with E-state index in [1.165, 1.54) is 0 Å². The van der Waals surface area contributed by atoms with Crippen molar-refractivity contribution in [2.45, 2.75) is 0 Å². The first-order valence-electron chi connectivity index (χ1n) is 6.99. The van der Waals surface area contributed by atoms with E-state index in [0.717, 1.165) is 4.47 Å². The first-order chi connectivity index (χ1) is 11.6. The summed E-state index contributed by atoms with van der Waals surface area (Å²) in [6.45, 7) is 3.45. The van der Waals surface area contributed by atoms with E-state index in [1.807, 2.05) is 12.1 Å². The number of nitrogens with zero attached hydrogens (tertiary/aromatic N) is 3. The van der Waals surface area contributed by atoms with E-state index in [4.69, 9.17) is 4.74 Å². The average Bonchev–Trinajstić information content (AvgIpc) is 2.55. The van der Waals surface area contributed by atoms with Gasteiger partial charge < -0.3 is 10.1 Å². The van der Waals surface area contributed by atoms with E-state index >= 15 is 0 Å². The SMILES string of the molecule is C=CCOc1cc(NC(C[N+](=O)[O-])=Nc2ccccc2Br)ccn1. The highest BCUT2D eigenvalue weighted by Gasteiger charge is 2.10. The van der Waals surface area contributed by atoms with Gasteiger partial charge in [0.2, 0.25) is 5.88 Å². The molecule has 7 nitrogen and oxygen atoms in total. The molecule has 1 N–H and O–H groups in total. The van der Waals surface area contributed by atoms with Gasteiger partial charge in [0, 0.05) is 27.3 Å². The zero-order valence-corrected chi connectivity index (χ0v) is 14.3. The van der Waals surface area contributed by atoms with Gasteiger partial charge >= 0.3 is 0 Å². The molecule has 24 heavy (non-hydrogen) atoms. The number of pyridine rings is 1. The minimum absolute atomic E-state index is 0.202. The highest BCUT2D eigenvalue weighted by Crippen LogP contribution is 2.25. The smallest absolute Gasteiger partial charge is 0.260 e. The van der Waals surface area contributed by atoms with Crippen molar-refractivity contribution in [2.75, 3.05) is 18.5 Å². The fraction of sp³-hybridized carbons (Fsp3) is 0.125. The van der Waals surface area contributed by atoms with Gasteiger partial charge in [-0.2, -0.15) is 0 Å². The molecule has 0 bridgehead atoms. The number of rotatable bonds is 7. The fourth-order valence-corrected chi connectivity index (χ4v) is 2.16. The lowest BCUT2D eigenvalue weighted by molar-refractivity contribution is -0.463. The van der Waals surface area contributed by atoms with Gasteiger partial charge in [-0.05, 0) is 34.1 Å². The highest BCUT2D eigenvalue weighted by molar-refractivity contribution is 9.10. The van der Waals surface area contributed by atoms with Crippen LogP contribution in [0.1, 0.15) is 0 Å². The van der Waals surface area contributed by atoms with Gasteiger partial charge in [0.05, 0.1) is 5.69 Å². The molecule has 0 atom stereocenters. The molecule has 8 heteroatoms. The second kappa shape index (κ2) is 8.78. The van der Waals surface area contributed by atoms with E-state index in [9.17, 15) is 10.1 Å². The Hall–Kier alpha value is -2.74. The monoisotopic (exact) mass is 390 g/mol. The maximum Gasteiger partial charge on any atom is 0.260 e. The predicted molar refractivity (Wildman–Crippen MR) is 96.7 cm³/mol. The van der Waals surface area contributed by atoms with Gasteiger partial charge in [0.25, 0.3) is 6.54 Å². The number of nitrogens with one attached hydrogen (secondary N) is 1. The highest BCUT2D eigenvalue weighted by atomic mass is 79.9. The van der Waals surface area contributed by atoms with Crippen LogP contribution < -0.4 is 10.1 Å². The minimum atomic E-state index is -0.445. The van der Waals surface area contributed by atoms with Crippen LogP contribution >= 0.6 is 15.9 Å². The molecular weight excluding hydrogens is 376 g/mol. The Morgan fingerprint density at radius 3 is 2.96 bits per heavy atom. The molecule has 0 aliphatic rings. The Balaban J connectivity index is 2.24. The topological polar surface area (TPSA) is 89.6 Å². The summed E-state index contributed by atoms with van der Waals surface area (Å²) in [5.74, 6) is 0.592. The summed E-state index contributed by atoms with van der Waals surface area (Å²) in [6, 6.07) is 10.5. The van der Waals surface area contributed by atoms with Crippen molar-refractivity contribution in [3.63, 3.8) is 0 Å². The van der Waals surface area contributed by atoms with Crippen LogP contribution in [-0.2, 0) is 0 Å². The summed E-state index contributed by atoms with van der Waals surface area (Å²) in [5.41, 5.74) is 1.19. The third kappa shape index (κ3) is 5.47.